The molecule has 2 N–H and O–H groups in total. The molecule has 0 saturated heterocycles. The molecule has 0 amide bonds. The summed E-state index contributed by atoms with van der Waals surface area (Å²) in [6, 6.07) is 0.0144. The second kappa shape index (κ2) is 8.20. The molecule has 0 fully saturated rings. The zero-order valence-corrected chi connectivity index (χ0v) is 12.9. The summed E-state index contributed by atoms with van der Waals surface area (Å²) in [5.74, 6) is 1.33. The van der Waals surface area contributed by atoms with Gasteiger partial charge in [0, 0.05) is 6.54 Å². The van der Waals surface area contributed by atoms with Crippen LogP contribution in [0, 0.1) is 5.92 Å². The van der Waals surface area contributed by atoms with Crippen molar-refractivity contribution in [2.24, 2.45) is 11.7 Å². The molecule has 2 atom stereocenters. The van der Waals surface area contributed by atoms with E-state index in [-0.39, 0.29) is 6.04 Å². The topological polar surface area (TPSA) is 53.1 Å². The first kappa shape index (κ1) is 16.0. The third-order valence-electron chi connectivity index (χ3n) is 3.78. The molecule has 110 valence electrons. The van der Waals surface area contributed by atoms with Crippen LogP contribution in [0.5, 0.6) is 5.75 Å². The lowest BCUT2D eigenvalue weighted by molar-refractivity contribution is 0.340. The lowest BCUT2D eigenvalue weighted by atomic mass is 9.89. The predicted octanol–water partition coefficient (Wildman–Crippen LogP) is 3.52. The quantitative estimate of drug-likeness (QED) is 0.745. The van der Waals surface area contributed by atoms with E-state index >= 15 is 0 Å². The van der Waals surface area contributed by atoms with E-state index in [9.17, 15) is 0 Å². The molecule has 0 aliphatic rings. The molecule has 1 rings (SSSR count). The second-order valence-corrected chi connectivity index (χ2v) is 5.16. The van der Waals surface area contributed by atoms with E-state index in [1.54, 1.807) is 13.3 Å². The van der Waals surface area contributed by atoms with Gasteiger partial charge in [0.15, 0.2) is 5.75 Å². The van der Waals surface area contributed by atoms with Crippen molar-refractivity contribution < 1.29 is 4.74 Å². The van der Waals surface area contributed by atoms with Crippen LogP contribution in [-0.4, -0.2) is 16.9 Å². The maximum Gasteiger partial charge on any atom is 0.161 e. The van der Waals surface area contributed by atoms with Gasteiger partial charge in [-0.25, -0.2) is 0 Å². The lowest BCUT2D eigenvalue weighted by Gasteiger charge is -2.24. The van der Waals surface area contributed by atoms with Gasteiger partial charge in [-0.15, -0.1) is 0 Å². The highest BCUT2D eigenvalue weighted by Gasteiger charge is 2.24. The van der Waals surface area contributed by atoms with Crippen LogP contribution in [0.25, 0.3) is 0 Å². The van der Waals surface area contributed by atoms with Crippen molar-refractivity contribution in [3.63, 3.8) is 0 Å². The summed E-state index contributed by atoms with van der Waals surface area (Å²) in [5, 5.41) is 4.41. The van der Waals surface area contributed by atoms with Crippen molar-refractivity contribution in [1.82, 2.24) is 9.78 Å². The number of nitrogens with two attached hydrogens (primary N) is 1. The molecular weight excluding hydrogens is 238 g/mol. The van der Waals surface area contributed by atoms with Crippen molar-refractivity contribution in [3.8, 4) is 5.75 Å². The molecule has 0 aliphatic heterocycles. The Hall–Kier alpha value is -1.03. The predicted molar refractivity (Wildman–Crippen MR) is 79.3 cm³/mol. The minimum absolute atomic E-state index is 0.0144. The highest BCUT2D eigenvalue weighted by Crippen LogP contribution is 2.32. The number of hydrogen-bond acceptors (Lipinski definition) is 3. The van der Waals surface area contributed by atoms with Gasteiger partial charge in [0.05, 0.1) is 25.0 Å². The van der Waals surface area contributed by atoms with Crippen molar-refractivity contribution in [2.45, 2.75) is 65.5 Å². The third kappa shape index (κ3) is 3.96. The van der Waals surface area contributed by atoms with Crippen molar-refractivity contribution in [2.75, 3.05) is 7.11 Å². The smallest absolute Gasteiger partial charge is 0.161 e. The Morgan fingerprint density at radius 1 is 1.32 bits per heavy atom. The fourth-order valence-corrected chi connectivity index (χ4v) is 2.59. The van der Waals surface area contributed by atoms with E-state index in [0.717, 1.165) is 30.8 Å². The summed E-state index contributed by atoms with van der Waals surface area (Å²) in [6.45, 7) is 7.49. The molecule has 4 nitrogen and oxygen atoms in total. The van der Waals surface area contributed by atoms with E-state index < -0.39 is 0 Å². The monoisotopic (exact) mass is 267 g/mol. The van der Waals surface area contributed by atoms with Crippen molar-refractivity contribution in [1.29, 1.82) is 0 Å². The zero-order chi connectivity index (χ0) is 14.3. The number of aromatic nitrogens is 2. The first-order valence-corrected chi connectivity index (χ1v) is 7.54. The van der Waals surface area contributed by atoms with Crippen LogP contribution >= 0.6 is 0 Å². The molecule has 0 radical (unpaired) electrons. The Morgan fingerprint density at radius 3 is 2.58 bits per heavy atom. The molecule has 0 saturated carbocycles. The van der Waals surface area contributed by atoms with E-state index in [1.165, 1.54) is 19.3 Å². The number of ether oxygens (including phenoxy) is 1. The number of methoxy groups -OCH3 is 1. The molecule has 0 spiro atoms. The van der Waals surface area contributed by atoms with Gasteiger partial charge in [0.2, 0.25) is 0 Å². The Bertz CT molecular complexity index is 362. The van der Waals surface area contributed by atoms with Gasteiger partial charge in [0.1, 0.15) is 0 Å². The number of rotatable bonds is 9. The van der Waals surface area contributed by atoms with Crippen LogP contribution in [0.2, 0.25) is 0 Å². The molecule has 1 aromatic heterocycles. The van der Waals surface area contributed by atoms with Gasteiger partial charge in [-0.3, -0.25) is 4.68 Å². The maximum absolute atomic E-state index is 6.50. The Kier molecular flexibility index (Phi) is 6.92. The lowest BCUT2D eigenvalue weighted by Crippen LogP contribution is -2.25. The molecule has 1 aromatic rings. The highest BCUT2D eigenvalue weighted by atomic mass is 16.5. The van der Waals surface area contributed by atoms with Gasteiger partial charge < -0.3 is 10.5 Å². The molecule has 4 heteroatoms. The van der Waals surface area contributed by atoms with Crippen molar-refractivity contribution >= 4 is 0 Å². The Morgan fingerprint density at radius 2 is 2.05 bits per heavy atom. The Balaban J connectivity index is 2.93. The van der Waals surface area contributed by atoms with E-state index in [1.807, 2.05) is 4.68 Å². The number of nitrogens with zero attached hydrogens (tertiary/aromatic N) is 2. The van der Waals surface area contributed by atoms with Gasteiger partial charge >= 0.3 is 0 Å². The highest BCUT2D eigenvalue weighted by molar-refractivity contribution is 5.28. The summed E-state index contributed by atoms with van der Waals surface area (Å²) in [6.07, 6.45) is 7.56. The van der Waals surface area contributed by atoms with Gasteiger partial charge in [-0.1, -0.05) is 40.0 Å². The van der Waals surface area contributed by atoms with Gasteiger partial charge in [-0.2, -0.15) is 5.10 Å². The molecular formula is C15H29N3O. The fraction of sp³-hybridized carbons (Fsp3) is 0.800. The van der Waals surface area contributed by atoms with Crippen LogP contribution in [0.15, 0.2) is 6.20 Å². The van der Waals surface area contributed by atoms with Crippen LogP contribution in [0.4, 0.5) is 0 Å². The van der Waals surface area contributed by atoms with E-state index in [2.05, 4.69) is 25.9 Å². The SMILES string of the molecule is CCCCC(CC)C(N)c1c(OC)cnn1CCC. The molecule has 0 aliphatic carbocycles. The molecule has 0 bridgehead atoms. The normalized spacial score (nSPS) is 14.4. The average Bonchev–Trinajstić information content (AvgIpc) is 2.82. The van der Waals surface area contributed by atoms with Crippen LogP contribution in [-0.2, 0) is 6.54 Å². The Labute approximate surface area is 117 Å². The van der Waals surface area contributed by atoms with Gasteiger partial charge in [-0.05, 0) is 18.8 Å². The standard InChI is InChI=1S/C15H29N3O/c1-5-8-9-12(7-3)14(16)15-13(19-4)11-17-18(15)10-6-2/h11-12,14H,5-10,16H2,1-4H3. The van der Waals surface area contributed by atoms with Crippen molar-refractivity contribution in [3.05, 3.63) is 11.9 Å². The van der Waals surface area contributed by atoms with Gasteiger partial charge in [0.25, 0.3) is 0 Å². The van der Waals surface area contributed by atoms with E-state index in [0.29, 0.717) is 5.92 Å². The third-order valence-corrected chi connectivity index (χ3v) is 3.78. The van der Waals surface area contributed by atoms with Crippen LogP contribution in [0.1, 0.15) is 64.6 Å². The second-order valence-electron chi connectivity index (χ2n) is 5.16. The number of aryl methyl sites for hydroxylation is 1. The summed E-state index contributed by atoms with van der Waals surface area (Å²) in [4.78, 5) is 0. The minimum Gasteiger partial charge on any atom is -0.493 e. The minimum atomic E-state index is 0.0144. The average molecular weight is 267 g/mol. The number of unbranched alkanes of at least 4 members (excludes halogenated alkanes) is 1. The zero-order valence-electron chi connectivity index (χ0n) is 12.9. The summed E-state index contributed by atoms with van der Waals surface area (Å²) < 4.78 is 7.44. The fourth-order valence-electron chi connectivity index (χ4n) is 2.59. The molecule has 19 heavy (non-hydrogen) atoms. The first-order chi connectivity index (χ1) is 9.19. The molecule has 2 unspecified atom stereocenters. The largest absolute Gasteiger partial charge is 0.493 e. The van der Waals surface area contributed by atoms with E-state index in [4.69, 9.17) is 10.5 Å². The summed E-state index contributed by atoms with van der Waals surface area (Å²) >= 11 is 0. The van der Waals surface area contributed by atoms with Crippen LogP contribution in [0.3, 0.4) is 0 Å². The van der Waals surface area contributed by atoms with Crippen LogP contribution < -0.4 is 10.5 Å². The summed E-state index contributed by atoms with van der Waals surface area (Å²) in [5.41, 5.74) is 7.56. The summed E-state index contributed by atoms with van der Waals surface area (Å²) in [7, 11) is 1.69. The maximum atomic E-state index is 6.50. The first-order valence-electron chi connectivity index (χ1n) is 7.54. The number of hydrogen-bond donors (Lipinski definition) is 1. The molecule has 1 heterocycles. The molecule has 0 aromatic carbocycles.